The third-order valence-corrected chi connectivity index (χ3v) is 6.98. The number of nitrogens with one attached hydrogen (secondary N) is 1. The molecule has 9 nitrogen and oxygen atoms in total. The summed E-state index contributed by atoms with van der Waals surface area (Å²) in [6.45, 7) is 8.20. The van der Waals surface area contributed by atoms with E-state index in [1.54, 1.807) is 45.0 Å². The number of β-lactam (4-membered cyclic amide) rings is 1. The van der Waals surface area contributed by atoms with Gasteiger partial charge >= 0.3 is 11.9 Å². The number of ether oxygens (including phenoxy) is 2. The second kappa shape index (κ2) is 9.90. The lowest BCUT2D eigenvalue weighted by Crippen LogP contribution is -2.71. The van der Waals surface area contributed by atoms with Crippen molar-refractivity contribution in [2.75, 3.05) is 6.79 Å². The Kier molecular flexibility index (Phi) is 8.09. The van der Waals surface area contributed by atoms with Crippen LogP contribution < -0.4 is 11.1 Å². The van der Waals surface area contributed by atoms with Gasteiger partial charge < -0.3 is 25.4 Å². The van der Waals surface area contributed by atoms with Crippen LogP contribution in [0.2, 0.25) is 0 Å². The minimum Gasteiger partial charge on any atom is -0.427 e. The highest BCUT2D eigenvalue weighted by Gasteiger charge is 2.64. The fourth-order valence-corrected chi connectivity index (χ4v) is 5.24. The molecule has 2 fully saturated rings. The summed E-state index contributed by atoms with van der Waals surface area (Å²) in [7, 11) is 0. The van der Waals surface area contributed by atoms with Crippen LogP contribution in [-0.2, 0) is 28.7 Å². The first-order valence-electron chi connectivity index (χ1n) is 10.3. The topological polar surface area (TPSA) is 128 Å². The first kappa shape index (κ1) is 26.9. The van der Waals surface area contributed by atoms with E-state index in [1.807, 2.05) is 19.9 Å². The molecule has 0 spiro atoms. The molecular weight excluding hydrogens is 470 g/mol. The van der Waals surface area contributed by atoms with E-state index < -0.39 is 58.3 Å². The fourth-order valence-electron chi connectivity index (χ4n) is 3.62. The molecule has 0 aromatic heterocycles. The van der Waals surface area contributed by atoms with Gasteiger partial charge in [-0.05, 0) is 40.2 Å². The SMILES string of the molecule is CC(C)(C)C(=O)OCOC(=O)C1N2C(=O)[C@@H](NC(=O)[C@H](N)c3ccccc3)[C@H]2SC1(C)C.Cl. The van der Waals surface area contributed by atoms with Crippen LogP contribution in [0.5, 0.6) is 0 Å². The third-order valence-electron chi connectivity index (χ3n) is 5.41. The third kappa shape index (κ3) is 5.44. The number of carbonyl (C=O) groups excluding carboxylic acids is 4. The van der Waals surface area contributed by atoms with E-state index >= 15 is 0 Å². The van der Waals surface area contributed by atoms with Gasteiger partial charge in [0.25, 0.3) is 0 Å². The molecule has 0 saturated carbocycles. The average molecular weight is 500 g/mol. The first-order valence-corrected chi connectivity index (χ1v) is 11.2. The van der Waals surface area contributed by atoms with Crippen LogP contribution in [0.3, 0.4) is 0 Å². The van der Waals surface area contributed by atoms with Gasteiger partial charge in [-0.3, -0.25) is 14.4 Å². The molecule has 2 heterocycles. The van der Waals surface area contributed by atoms with Crippen molar-refractivity contribution in [2.45, 2.75) is 62.9 Å². The number of halogens is 1. The van der Waals surface area contributed by atoms with Gasteiger partial charge in [-0.15, -0.1) is 24.2 Å². The lowest BCUT2D eigenvalue weighted by atomic mass is 9.95. The highest BCUT2D eigenvalue weighted by atomic mass is 35.5. The van der Waals surface area contributed by atoms with Gasteiger partial charge in [0, 0.05) is 4.75 Å². The number of thioether (sulfide) groups is 1. The maximum absolute atomic E-state index is 12.8. The van der Waals surface area contributed by atoms with Crippen molar-refractivity contribution in [1.29, 1.82) is 0 Å². The van der Waals surface area contributed by atoms with Crippen molar-refractivity contribution >= 4 is 47.9 Å². The summed E-state index contributed by atoms with van der Waals surface area (Å²) in [5, 5.41) is 2.29. The van der Waals surface area contributed by atoms with E-state index in [-0.39, 0.29) is 18.3 Å². The number of amides is 2. The molecule has 3 N–H and O–H groups in total. The second-order valence-electron chi connectivity index (χ2n) is 9.40. The highest BCUT2D eigenvalue weighted by molar-refractivity contribution is 8.01. The van der Waals surface area contributed by atoms with Crippen LogP contribution in [0.15, 0.2) is 30.3 Å². The van der Waals surface area contributed by atoms with E-state index in [2.05, 4.69) is 5.32 Å². The highest BCUT2D eigenvalue weighted by Crippen LogP contribution is 2.51. The molecule has 1 unspecified atom stereocenters. The summed E-state index contributed by atoms with van der Waals surface area (Å²) in [5.41, 5.74) is 5.94. The van der Waals surface area contributed by atoms with E-state index in [9.17, 15) is 19.2 Å². The van der Waals surface area contributed by atoms with Gasteiger partial charge in [0.2, 0.25) is 18.6 Å². The Hall–Kier alpha value is -2.30. The van der Waals surface area contributed by atoms with Crippen molar-refractivity contribution in [3.05, 3.63) is 35.9 Å². The van der Waals surface area contributed by atoms with Gasteiger partial charge in [0.05, 0.1) is 5.41 Å². The zero-order chi connectivity index (χ0) is 23.8. The number of carbonyl (C=O) groups is 4. The minimum atomic E-state index is -0.907. The Morgan fingerprint density at radius 3 is 2.36 bits per heavy atom. The molecule has 33 heavy (non-hydrogen) atoms. The van der Waals surface area contributed by atoms with Crippen LogP contribution >= 0.6 is 24.2 Å². The Bertz CT molecular complexity index is 920. The fraction of sp³-hybridized carbons (Fsp3) is 0.545. The number of rotatable bonds is 6. The first-order chi connectivity index (χ1) is 14.8. The van der Waals surface area contributed by atoms with Crippen LogP contribution in [0.4, 0.5) is 0 Å². The molecule has 2 aliphatic heterocycles. The molecular formula is C22H30ClN3O6S. The smallest absolute Gasteiger partial charge is 0.333 e. The summed E-state index contributed by atoms with van der Waals surface area (Å²) in [4.78, 5) is 51.4. The summed E-state index contributed by atoms with van der Waals surface area (Å²) in [6.07, 6.45) is 0. The van der Waals surface area contributed by atoms with Gasteiger partial charge in [0.15, 0.2) is 0 Å². The maximum atomic E-state index is 12.8. The molecule has 1 aromatic rings. The maximum Gasteiger partial charge on any atom is 0.333 e. The Morgan fingerprint density at radius 2 is 1.79 bits per heavy atom. The number of benzene rings is 1. The van der Waals surface area contributed by atoms with E-state index in [4.69, 9.17) is 15.2 Å². The van der Waals surface area contributed by atoms with E-state index in [0.29, 0.717) is 5.56 Å². The number of hydrogen-bond donors (Lipinski definition) is 2. The molecule has 0 aliphatic carbocycles. The summed E-state index contributed by atoms with van der Waals surface area (Å²) < 4.78 is 9.47. The average Bonchev–Trinajstić information content (AvgIpc) is 2.98. The number of nitrogens with two attached hydrogens (primary N) is 1. The second-order valence-corrected chi connectivity index (χ2v) is 11.2. The Morgan fingerprint density at radius 1 is 1.18 bits per heavy atom. The molecule has 2 amide bonds. The molecule has 0 radical (unpaired) electrons. The van der Waals surface area contributed by atoms with Gasteiger partial charge in [-0.1, -0.05) is 30.3 Å². The number of nitrogens with zero attached hydrogens (tertiary/aromatic N) is 1. The van der Waals surface area contributed by atoms with E-state index in [1.165, 1.54) is 16.7 Å². The molecule has 2 aliphatic rings. The van der Waals surface area contributed by atoms with Crippen LogP contribution in [0.25, 0.3) is 0 Å². The van der Waals surface area contributed by atoms with Gasteiger partial charge in [0.1, 0.15) is 23.5 Å². The molecule has 2 saturated heterocycles. The minimum absolute atomic E-state index is 0. The van der Waals surface area contributed by atoms with Crippen molar-refractivity contribution in [2.24, 2.45) is 11.1 Å². The molecule has 182 valence electrons. The van der Waals surface area contributed by atoms with Crippen molar-refractivity contribution < 1.29 is 28.7 Å². The molecule has 1 aromatic carbocycles. The number of hydrogen-bond acceptors (Lipinski definition) is 8. The van der Waals surface area contributed by atoms with Crippen molar-refractivity contribution in [3.8, 4) is 0 Å². The molecule has 4 atom stereocenters. The summed E-state index contributed by atoms with van der Waals surface area (Å²) >= 11 is 1.40. The number of fused-ring (bicyclic) bond motifs is 1. The van der Waals surface area contributed by atoms with Gasteiger partial charge in [-0.25, -0.2) is 4.79 Å². The Labute approximate surface area is 203 Å². The zero-order valence-corrected chi connectivity index (χ0v) is 20.8. The lowest BCUT2D eigenvalue weighted by molar-refractivity contribution is -0.180. The Balaban J connectivity index is 0.00000385. The zero-order valence-electron chi connectivity index (χ0n) is 19.2. The standard InChI is InChI=1S/C22H29N3O6S.ClH/c1-21(2,3)20(29)31-11-30-19(28)15-22(4,5)32-18-14(17(27)25(15)18)24-16(26)13(23)12-9-7-6-8-10-12;/h6-10,13-15,18H,11,23H2,1-5H3,(H,24,26);1H/t13-,14-,15?,18-;/m1./s1. The van der Waals surface area contributed by atoms with E-state index in [0.717, 1.165) is 0 Å². The van der Waals surface area contributed by atoms with Gasteiger partial charge in [-0.2, -0.15) is 0 Å². The normalized spacial score (nSPS) is 24.0. The molecule has 3 rings (SSSR count). The monoisotopic (exact) mass is 499 g/mol. The van der Waals surface area contributed by atoms with Crippen LogP contribution in [-0.4, -0.2) is 57.7 Å². The summed E-state index contributed by atoms with van der Waals surface area (Å²) in [6, 6.07) is 6.31. The van der Waals surface area contributed by atoms with Crippen LogP contribution in [0.1, 0.15) is 46.2 Å². The summed E-state index contributed by atoms with van der Waals surface area (Å²) in [5.74, 6) is -2.00. The van der Waals surface area contributed by atoms with Crippen molar-refractivity contribution in [3.63, 3.8) is 0 Å². The van der Waals surface area contributed by atoms with Crippen molar-refractivity contribution in [1.82, 2.24) is 10.2 Å². The predicted molar refractivity (Wildman–Crippen MR) is 125 cm³/mol. The van der Waals surface area contributed by atoms with Crippen LogP contribution in [0, 0.1) is 5.41 Å². The number of esters is 2. The lowest BCUT2D eigenvalue weighted by Gasteiger charge is -2.44. The molecule has 11 heteroatoms. The molecule has 0 bridgehead atoms. The largest absolute Gasteiger partial charge is 0.427 e. The predicted octanol–water partition coefficient (Wildman–Crippen LogP) is 1.75. The quantitative estimate of drug-likeness (QED) is 0.344.